The fourth-order valence-corrected chi connectivity index (χ4v) is 5.18. The maximum Gasteiger partial charge on any atom is 0.260 e. The molecule has 1 N–H and O–H groups in total. The number of nitrogens with one attached hydrogen (secondary N) is 1. The summed E-state index contributed by atoms with van der Waals surface area (Å²) in [4.78, 5) is 29.8. The van der Waals surface area contributed by atoms with Gasteiger partial charge in [0, 0.05) is 30.7 Å². The molecule has 4 rings (SSSR count). The monoisotopic (exact) mass is 463 g/mol. The predicted octanol–water partition coefficient (Wildman–Crippen LogP) is 4.38. The van der Waals surface area contributed by atoms with E-state index < -0.39 is 0 Å². The second kappa shape index (κ2) is 11.5. The highest BCUT2D eigenvalue weighted by atomic mass is 16.5. The number of hydrogen-bond acceptors (Lipinski definition) is 4. The zero-order valence-corrected chi connectivity index (χ0v) is 20.5. The Morgan fingerprint density at radius 3 is 2.24 bits per heavy atom. The van der Waals surface area contributed by atoms with Gasteiger partial charge in [0.25, 0.3) is 11.8 Å². The molecule has 2 aliphatic rings. The van der Waals surface area contributed by atoms with Crippen LogP contribution in [0.2, 0.25) is 0 Å². The number of rotatable bonds is 8. The minimum Gasteiger partial charge on any atom is -0.484 e. The van der Waals surface area contributed by atoms with Crippen molar-refractivity contribution in [3.05, 3.63) is 65.2 Å². The van der Waals surface area contributed by atoms with Crippen LogP contribution in [0.25, 0.3) is 0 Å². The average Bonchev–Trinajstić information content (AvgIpc) is 3.35. The fourth-order valence-electron chi connectivity index (χ4n) is 5.18. The van der Waals surface area contributed by atoms with Crippen LogP contribution >= 0.6 is 0 Å². The first-order valence-electron chi connectivity index (χ1n) is 12.6. The average molecular weight is 464 g/mol. The molecule has 0 aromatic heterocycles. The van der Waals surface area contributed by atoms with Crippen molar-refractivity contribution in [3.63, 3.8) is 0 Å². The van der Waals surface area contributed by atoms with Gasteiger partial charge >= 0.3 is 0 Å². The lowest BCUT2D eigenvalue weighted by molar-refractivity contribution is -0.139. The number of amides is 2. The van der Waals surface area contributed by atoms with Crippen LogP contribution < -0.4 is 10.1 Å². The maximum atomic E-state index is 12.7. The van der Waals surface area contributed by atoms with Crippen LogP contribution in [0.1, 0.15) is 67.4 Å². The third-order valence-corrected chi connectivity index (χ3v) is 7.11. The summed E-state index contributed by atoms with van der Waals surface area (Å²) in [5.41, 5.74) is 3.01. The fraction of sp³-hybridized carbons (Fsp3) is 0.500. The van der Waals surface area contributed by atoms with Crippen molar-refractivity contribution in [3.8, 4) is 5.75 Å². The van der Waals surface area contributed by atoms with Crippen molar-refractivity contribution >= 4 is 11.8 Å². The Kier molecular flexibility index (Phi) is 8.22. The third kappa shape index (κ3) is 6.17. The van der Waals surface area contributed by atoms with Crippen molar-refractivity contribution in [1.82, 2.24) is 15.1 Å². The Hall–Kier alpha value is -2.86. The van der Waals surface area contributed by atoms with Crippen LogP contribution in [0.5, 0.6) is 5.75 Å². The minimum absolute atomic E-state index is 0.0219. The van der Waals surface area contributed by atoms with Gasteiger partial charge in [0.1, 0.15) is 5.75 Å². The Bertz CT molecular complexity index is 959. The van der Waals surface area contributed by atoms with E-state index in [1.807, 2.05) is 11.0 Å². The third-order valence-electron chi connectivity index (χ3n) is 7.11. The second-order valence-corrected chi connectivity index (χ2v) is 9.68. The van der Waals surface area contributed by atoms with Crippen LogP contribution in [-0.4, -0.2) is 53.4 Å². The van der Waals surface area contributed by atoms with Crippen molar-refractivity contribution < 1.29 is 14.3 Å². The van der Waals surface area contributed by atoms with Gasteiger partial charge in [-0.1, -0.05) is 24.3 Å². The zero-order valence-electron chi connectivity index (χ0n) is 20.5. The number of benzene rings is 2. The molecule has 2 heterocycles. The SMILES string of the molecule is C[C@H]1CCC[C@H](C)N1C(=O)COc1ccc(C(=O)NCc2ccccc2CN2CCCC2)cc1. The Morgan fingerprint density at radius 1 is 0.912 bits per heavy atom. The highest BCUT2D eigenvalue weighted by Crippen LogP contribution is 2.23. The van der Waals surface area contributed by atoms with E-state index in [1.165, 1.54) is 24.8 Å². The van der Waals surface area contributed by atoms with E-state index in [1.54, 1.807) is 24.3 Å². The molecule has 0 saturated carbocycles. The lowest BCUT2D eigenvalue weighted by Crippen LogP contribution is -2.49. The lowest BCUT2D eigenvalue weighted by Gasteiger charge is -2.38. The largest absolute Gasteiger partial charge is 0.484 e. The molecular weight excluding hydrogens is 426 g/mol. The number of nitrogens with zero attached hydrogens (tertiary/aromatic N) is 2. The van der Waals surface area contributed by atoms with Crippen LogP contribution in [-0.2, 0) is 17.9 Å². The smallest absolute Gasteiger partial charge is 0.260 e. The van der Waals surface area contributed by atoms with Crippen molar-refractivity contribution in [2.75, 3.05) is 19.7 Å². The molecule has 0 aliphatic carbocycles. The molecule has 2 atom stereocenters. The van der Waals surface area contributed by atoms with Crippen LogP contribution in [0.3, 0.4) is 0 Å². The molecule has 2 saturated heterocycles. The van der Waals surface area contributed by atoms with Gasteiger partial charge in [-0.15, -0.1) is 0 Å². The van der Waals surface area contributed by atoms with E-state index in [0.29, 0.717) is 17.9 Å². The molecular formula is C28H37N3O3. The standard InChI is InChI=1S/C28H37N3O3/c1-21-8-7-9-22(2)31(21)27(32)20-34-26-14-12-23(13-15-26)28(33)29-18-24-10-3-4-11-25(24)19-30-16-5-6-17-30/h3-4,10-15,21-22H,5-9,16-20H2,1-2H3,(H,29,33)/t21-,22-/m0/s1. The van der Waals surface area contributed by atoms with E-state index in [2.05, 4.69) is 42.3 Å². The van der Waals surface area contributed by atoms with Crippen molar-refractivity contribution in [2.45, 2.75) is 71.1 Å². The summed E-state index contributed by atoms with van der Waals surface area (Å²) < 4.78 is 5.73. The van der Waals surface area contributed by atoms with Gasteiger partial charge < -0.3 is 15.0 Å². The summed E-state index contributed by atoms with van der Waals surface area (Å²) in [5, 5.41) is 3.04. The summed E-state index contributed by atoms with van der Waals surface area (Å²) in [7, 11) is 0. The number of hydrogen-bond donors (Lipinski definition) is 1. The summed E-state index contributed by atoms with van der Waals surface area (Å²) >= 11 is 0. The molecule has 6 heteroatoms. The molecule has 34 heavy (non-hydrogen) atoms. The molecule has 6 nitrogen and oxygen atoms in total. The topological polar surface area (TPSA) is 61.9 Å². The number of likely N-dealkylation sites (tertiary alicyclic amines) is 2. The number of ether oxygens (including phenoxy) is 1. The molecule has 2 fully saturated rings. The van der Waals surface area contributed by atoms with Crippen LogP contribution in [0.15, 0.2) is 48.5 Å². The zero-order chi connectivity index (χ0) is 23.9. The van der Waals surface area contributed by atoms with Gasteiger partial charge in [0.05, 0.1) is 0 Å². The normalized spacial score (nSPS) is 20.8. The van der Waals surface area contributed by atoms with E-state index in [-0.39, 0.29) is 30.5 Å². The summed E-state index contributed by atoms with van der Waals surface area (Å²) in [6, 6.07) is 15.8. The van der Waals surface area contributed by atoms with E-state index in [0.717, 1.165) is 38.0 Å². The number of piperidine rings is 1. The summed E-state index contributed by atoms with van der Waals surface area (Å²) in [6.07, 6.45) is 5.79. The van der Waals surface area contributed by atoms with E-state index in [9.17, 15) is 9.59 Å². The first kappa shape index (κ1) is 24.3. The highest BCUT2D eigenvalue weighted by molar-refractivity contribution is 5.94. The highest BCUT2D eigenvalue weighted by Gasteiger charge is 2.29. The second-order valence-electron chi connectivity index (χ2n) is 9.68. The van der Waals surface area contributed by atoms with E-state index in [4.69, 9.17) is 4.74 Å². The molecule has 0 bridgehead atoms. The maximum absolute atomic E-state index is 12.7. The summed E-state index contributed by atoms with van der Waals surface area (Å²) in [6.45, 7) is 7.97. The van der Waals surface area contributed by atoms with Crippen LogP contribution in [0.4, 0.5) is 0 Å². The van der Waals surface area contributed by atoms with Gasteiger partial charge in [-0.3, -0.25) is 14.5 Å². The number of carbonyl (C=O) groups excluding carboxylic acids is 2. The van der Waals surface area contributed by atoms with Gasteiger partial charge in [-0.05, 0) is 94.4 Å². The summed E-state index contributed by atoms with van der Waals surface area (Å²) in [5.74, 6) is 0.502. The molecule has 0 spiro atoms. The van der Waals surface area contributed by atoms with Crippen molar-refractivity contribution in [2.24, 2.45) is 0 Å². The van der Waals surface area contributed by atoms with Gasteiger partial charge in [-0.25, -0.2) is 0 Å². The molecule has 182 valence electrons. The predicted molar refractivity (Wildman–Crippen MR) is 134 cm³/mol. The molecule has 0 unspecified atom stereocenters. The van der Waals surface area contributed by atoms with E-state index >= 15 is 0 Å². The molecule has 2 aromatic carbocycles. The van der Waals surface area contributed by atoms with Crippen molar-refractivity contribution in [1.29, 1.82) is 0 Å². The Labute approximate surface area is 203 Å². The Morgan fingerprint density at radius 2 is 1.56 bits per heavy atom. The lowest BCUT2D eigenvalue weighted by atomic mass is 9.97. The van der Waals surface area contributed by atoms with Gasteiger partial charge in [-0.2, -0.15) is 0 Å². The quantitative estimate of drug-likeness (QED) is 0.631. The van der Waals surface area contributed by atoms with Crippen LogP contribution in [0, 0.1) is 0 Å². The molecule has 2 aliphatic heterocycles. The molecule has 2 amide bonds. The molecule has 2 aromatic rings. The minimum atomic E-state index is -0.116. The number of carbonyl (C=O) groups is 2. The Balaban J connectivity index is 1.28. The van der Waals surface area contributed by atoms with Gasteiger partial charge in [0.15, 0.2) is 6.61 Å². The first-order chi connectivity index (χ1) is 16.5. The molecule has 0 radical (unpaired) electrons. The first-order valence-corrected chi connectivity index (χ1v) is 12.6. The van der Waals surface area contributed by atoms with Gasteiger partial charge in [0.2, 0.25) is 0 Å².